The van der Waals surface area contributed by atoms with Gasteiger partial charge in [0, 0.05) is 17.0 Å². The van der Waals surface area contributed by atoms with Gasteiger partial charge in [-0.25, -0.2) is 9.78 Å². The van der Waals surface area contributed by atoms with Crippen molar-refractivity contribution in [1.29, 1.82) is 0 Å². The van der Waals surface area contributed by atoms with Gasteiger partial charge in [-0.2, -0.15) is 0 Å². The van der Waals surface area contributed by atoms with Crippen LogP contribution in [0.4, 0.5) is 10.8 Å². The van der Waals surface area contributed by atoms with Crippen LogP contribution in [0, 0.1) is 0 Å². The number of pyridine rings is 1. The van der Waals surface area contributed by atoms with Gasteiger partial charge in [0.25, 0.3) is 0 Å². The minimum atomic E-state index is -0.988. The fourth-order valence-electron chi connectivity index (χ4n) is 1.47. The van der Waals surface area contributed by atoms with Crippen molar-refractivity contribution >= 4 is 28.1 Å². The number of nitrogens with zero attached hydrogens (tertiary/aromatic N) is 2. The number of rotatable bonds is 3. The average Bonchev–Trinajstić information content (AvgIpc) is 2.77. The minimum Gasteiger partial charge on any atom is -0.478 e. The lowest BCUT2D eigenvalue weighted by Gasteiger charge is -2.14. The van der Waals surface area contributed by atoms with E-state index in [1.54, 1.807) is 0 Å². The summed E-state index contributed by atoms with van der Waals surface area (Å²) in [6.07, 6.45) is 2.94. The van der Waals surface area contributed by atoms with E-state index in [-0.39, 0.29) is 11.0 Å². The second-order valence-electron chi connectivity index (χ2n) is 5.14. The maximum Gasteiger partial charge on any atom is 0.337 e. The number of carboxylic acid groups (broad SMARTS) is 1. The Morgan fingerprint density at radius 1 is 1.42 bits per heavy atom. The molecule has 6 heteroatoms. The highest BCUT2D eigenvalue weighted by atomic mass is 32.1. The predicted octanol–water partition coefficient (Wildman–Crippen LogP) is 3.28. The number of carbonyl (C=O) groups is 1. The number of thiazole rings is 1. The third-order valence-electron chi connectivity index (χ3n) is 2.57. The Kier molecular flexibility index (Phi) is 3.53. The maximum atomic E-state index is 11.1. The quantitative estimate of drug-likeness (QED) is 0.900. The summed E-state index contributed by atoms with van der Waals surface area (Å²) in [7, 11) is 0. The van der Waals surface area contributed by atoms with Gasteiger partial charge in [0.15, 0.2) is 5.13 Å². The van der Waals surface area contributed by atoms with Crippen LogP contribution in [0.15, 0.2) is 23.8 Å². The van der Waals surface area contributed by atoms with Crippen LogP contribution in [0.5, 0.6) is 0 Å². The van der Waals surface area contributed by atoms with Gasteiger partial charge in [-0.15, -0.1) is 11.3 Å². The maximum absolute atomic E-state index is 11.1. The van der Waals surface area contributed by atoms with E-state index in [1.165, 1.54) is 29.8 Å². The van der Waals surface area contributed by atoms with Crippen LogP contribution >= 0.6 is 11.3 Å². The highest BCUT2D eigenvalue weighted by Gasteiger charge is 2.18. The summed E-state index contributed by atoms with van der Waals surface area (Å²) in [6.45, 7) is 6.25. The molecule has 0 aromatic carbocycles. The van der Waals surface area contributed by atoms with Gasteiger partial charge in [-0.1, -0.05) is 20.8 Å². The largest absolute Gasteiger partial charge is 0.478 e. The molecule has 0 radical (unpaired) electrons. The number of carboxylic acids is 1. The van der Waals surface area contributed by atoms with E-state index >= 15 is 0 Å². The van der Waals surface area contributed by atoms with Crippen molar-refractivity contribution in [2.45, 2.75) is 26.2 Å². The summed E-state index contributed by atoms with van der Waals surface area (Å²) >= 11 is 1.45. The Hall–Kier alpha value is -1.95. The summed E-state index contributed by atoms with van der Waals surface area (Å²) in [5.41, 5.74) is 1.58. The third-order valence-corrected chi connectivity index (χ3v) is 3.32. The van der Waals surface area contributed by atoms with Crippen molar-refractivity contribution < 1.29 is 9.90 Å². The molecule has 2 heterocycles. The summed E-state index contributed by atoms with van der Waals surface area (Å²) in [5, 5.41) is 14.7. The van der Waals surface area contributed by atoms with E-state index in [1.807, 2.05) is 5.38 Å². The Balaban J connectivity index is 2.27. The first kappa shape index (κ1) is 13.5. The number of anilines is 2. The minimum absolute atomic E-state index is 0.0268. The molecule has 0 aliphatic heterocycles. The second kappa shape index (κ2) is 4.97. The molecule has 0 aliphatic carbocycles. The van der Waals surface area contributed by atoms with Gasteiger partial charge in [0.1, 0.15) is 0 Å². The molecule has 0 saturated heterocycles. The van der Waals surface area contributed by atoms with Gasteiger partial charge in [-0.05, 0) is 6.07 Å². The highest BCUT2D eigenvalue weighted by Crippen LogP contribution is 2.28. The molecular weight excluding hydrogens is 262 g/mol. The second-order valence-corrected chi connectivity index (χ2v) is 6.00. The molecule has 0 aliphatic rings. The summed E-state index contributed by atoms with van der Waals surface area (Å²) < 4.78 is 0. The predicted molar refractivity (Wildman–Crippen MR) is 75.3 cm³/mol. The first-order chi connectivity index (χ1) is 8.88. The number of aromatic nitrogens is 2. The topological polar surface area (TPSA) is 75.1 Å². The van der Waals surface area contributed by atoms with Gasteiger partial charge in [-0.3, -0.25) is 4.98 Å². The number of nitrogens with one attached hydrogen (secondary N) is 1. The Morgan fingerprint density at radius 2 is 2.16 bits per heavy atom. The molecule has 0 spiro atoms. The lowest BCUT2D eigenvalue weighted by atomic mass is 9.93. The molecule has 0 saturated carbocycles. The summed E-state index contributed by atoms with van der Waals surface area (Å²) in [5.74, 6) is -0.988. The zero-order chi connectivity index (χ0) is 14.0. The molecule has 0 amide bonds. The molecule has 19 heavy (non-hydrogen) atoms. The Bertz CT molecular complexity index is 602. The molecule has 0 unspecified atom stereocenters. The van der Waals surface area contributed by atoms with Crippen molar-refractivity contribution in [3.05, 3.63) is 35.1 Å². The van der Waals surface area contributed by atoms with Crippen LogP contribution < -0.4 is 5.32 Å². The van der Waals surface area contributed by atoms with Crippen molar-refractivity contribution in [2.24, 2.45) is 0 Å². The monoisotopic (exact) mass is 277 g/mol. The molecule has 2 rings (SSSR count). The zero-order valence-corrected chi connectivity index (χ0v) is 11.8. The first-order valence-electron chi connectivity index (χ1n) is 5.78. The van der Waals surface area contributed by atoms with Crippen LogP contribution in [0.1, 0.15) is 36.8 Å². The standard InChI is InChI=1S/C13H15N3O2S/c1-13(2,3)10-7-19-12(16-10)15-9-6-14-5-4-8(9)11(17)18/h4-7H,1-3H3,(H,15,16)(H,17,18). The van der Waals surface area contributed by atoms with Crippen LogP contribution in [-0.4, -0.2) is 21.0 Å². The zero-order valence-electron chi connectivity index (χ0n) is 11.0. The van der Waals surface area contributed by atoms with Crippen molar-refractivity contribution in [1.82, 2.24) is 9.97 Å². The van der Waals surface area contributed by atoms with E-state index in [2.05, 4.69) is 36.1 Å². The summed E-state index contributed by atoms with van der Waals surface area (Å²) in [6, 6.07) is 1.46. The molecule has 100 valence electrons. The van der Waals surface area contributed by atoms with Gasteiger partial charge < -0.3 is 10.4 Å². The third kappa shape index (κ3) is 3.08. The normalized spacial score (nSPS) is 11.3. The van der Waals surface area contributed by atoms with Crippen LogP contribution in [0.3, 0.4) is 0 Å². The molecule has 0 fully saturated rings. The van der Waals surface area contributed by atoms with Gasteiger partial charge in [0.2, 0.25) is 0 Å². The van der Waals surface area contributed by atoms with E-state index in [0.29, 0.717) is 10.8 Å². The van der Waals surface area contributed by atoms with E-state index in [9.17, 15) is 4.79 Å². The van der Waals surface area contributed by atoms with Crippen molar-refractivity contribution in [2.75, 3.05) is 5.32 Å². The first-order valence-corrected chi connectivity index (χ1v) is 6.66. The van der Waals surface area contributed by atoms with E-state index < -0.39 is 5.97 Å². The molecule has 2 N–H and O–H groups in total. The fourth-order valence-corrected chi connectivity index (χ4v) is 2.42. The number of hydrogen-bond acceptors (Lipinski definition) is 5. The van der Waals surface area contributed by atoms with Crippen LogP contribution in [0.2, 0.25) is 0 Å². The lowest BCUT2D eigenvalue weighted by Crippen LogP contribution is -2.11. The van der Waals surface area contributed by atoms with Gasteiger partial charge in [0.05, 0.1) is 23.1 Å². The van der Waals surface area contributed by atoms with Crippen LogP contribution in [-0.2, 0) is 5.41 Å². The molecule has 2 aromatic heterocycles. The van der Waals surface area contributed by atoms with E-state index in [0.717, 1.165) is 5.69 Å². The Labute approximate surface area is 115 Å². The molecule has 0 atom stereocenters. The van der Waals surface area contributed by atoms with Crippen LogP contribution in [0.25, 0.3) is 0 Å². The highest BCUT2D eigenvalue weighted by molar-refractivity contribution is 7.13. The average molecular weight is 277 g/mol. The number of aromatic carboxylic acids is 1. The Morgan fingerprint density at radius 3 is 2.74 bits per heavy atom. The molecule has 5 nitrogen and oxygen atoms in total. The molecule has 0 bridgehead atoms. The smallest absolute Gasteiger partial charge is 0.337 e. The number of hydrogen-bond donors (Lipinski definition) is 2. The fraction of sp³-hybridized carbons (Fsp3) is 0.308. The van der Waals surface area contributed by atoms with Crippen molar-refractivity contribution in [3.63, 3.8) is 0 Å². The van der Waals surface area contributed by atoms with Gasteiger partial charge >= 0.3 is 5.97 Å². The molecular formula is C13H15N3O2S. The lowest BCUT2D eigenvalue weighted by molar-refractivity contribution is 0.0698. The SMILES string of the molecule is CC(C)(C)c1csc(Nc2cnccc2C(=O)O)n1. The van der Waals surface area contributed by atoms with Crippen molar-refractivity contribution in [3.8, 4) is 0 Å². The van der Waals surface area contributed by atoms with E-state index in [4.69, 9.17) is 5.11 Å². The molecule has 2 aromatic rings. The summed E-state index contributed by atoms with van der Waals surface area (Å²) in [4.78, 5) is 19.5.